The molecule has 1 aliphatic carbocycles. The molecule has 19 heavy (non-hydrogen) atoms. The number of benzene rings is 1. The Bertz CT molecular complexity index is 453. The van der Waals surface area contributed by atoms with Crippen molar-refractivity contribution in [1.29, 1.82) is 0 Å². The molecule has 0 radical (unpaired) electrons. The highest BCUT2D eigenvalue weighted by atomic mass is 16.5. The van der Waals surface area contributed by atoms with Gasteiger partial charge in [-0.15, -0.1) is 0 Å². The third-order valence-corrected chi connectivity index (χ3v) is 4.08. The van der Waals surface area contributed by atoms with Crippen LogP contribution in [0.2, 0.25) is 0 Å². The Kier molecular flexibility index (Phi) is 4.02. The molecule has 0 bridgehead atoms. The van der Waals surface area contributed by atoms with E-state index in [0.717, 1.165) is 35.5 Å². The van der Waals surface area contributed by atoms with Crippen LogP contribution in [-0.2, 0) is 16.8 Å². The number of methoxy groups -OCH3 is 3. The average molecular weight is 265 g/mol. The molecular weight excluding hydrogens is 242 g/mol. The van der Waals surface area contributed by atoms with Crippen LogP contribution in [0.3, 0.4) is 0 Å². The predicted octanol–water partition coefficient (Wildman–Crippen LogP) is 2.23. The van der Waals surface area contributed by atoms with Gasteiger partial charge in [0.05, 0.1) is 20.8 Å². The summed E-state index contributed by atoms with van der Waals surface area (Å²) in [6, 6.07) is 4.05. The minimum atomic E-state index is -0.0135. The molecule has 2 rings (SSSR count). The summed E-state index contributed by atoms with van der Waals surface area (Å²) in [6.07, 6.45) is 2.15. The van der Waals surface area contributed by atoms with Crippen LogP contribution >= 0.6 is 0 Å². The van der Waals surface area contributed by atoms with Crippen LogP contribution in [-0.4, -0.2) is 27.4 Å². The fourth-order valence-corrected chi connectivity index (χ4v) is 2.82. The van der Waals surface area contributed by atoms with Gasteiger partial charge in [-0.05, 0) is 31.9 Å². The molecule has 1 aliphatic rings. The average Bonchev–Trinajstić information content (AvgIpc) is 3.19. The molecule has 1 aromatic rings. The lowest BCUT2D eigenvalue weighted by Crippen LogP contribution is -2.32. The van der Waals surface area contributed by atoms with Crippen LogP contribution in [0.25, 0.3) is 0 Å². The van der Waals surface area contributed by atoms with Gasteiger partial charge in [-0.3, -0.25) is 0 Å². The second-order valence-corrected chi connectivity index (χ2v) is 5.21. The van der Waals surface area contributed by atoms with Crippen LogP contribution in [0.4, 0.5) is 0 Å². The molecular formula is C15H23NO3. The van der Waals surface area contributed by atoms with Gasteiger partial charge >= 0.3 is 0 Å². The van der Waals surface area contributed by atoms with Crippen molar-refractivity contribution < 1.29 is 14.2 Å². The summed E-state index contributed by atoms with van der Waals surface area (Å²) < 4.78 is 16.4. The smallest absolute Gasteiger partial charge is 0.131 e. The van der Waals surface area contributed by atoms with Gasteiger partial charge in [0.2, 0.25) is 0 Å². The number of hydrogen-bond donors (Lipinski definition) is 1. The SMILES string of the molecule is COCc1ccc(OC)c(C2(C(C)N)CC2)c1OC. The highest BCUT2D eigenvalue weighted by molar-refractivity contribution is 5.57. The molecule has 1 aromatic carbocycles. The Hall–Kier alpha value is -1.26. The van der Waals surface area contributed by atoms with E-state index in [9.17, 15) is 0 Å². The van der Waals surface area contributed by atoms with Crippen LogP contribution in [0.1, 0.15) is 30.9 Å². The molecule has 0 spiro atoms. The summed E-state index contributed by atoms with van der Waals surface area (Å²) in [6.45, 7) is 2.57. The summed E-state index contributed by atoms with van der Waals surface area (Å²) in [7, 11) is 5.06. The second kappa shape index (κ2) is 5.39. The minimum Gasteiger partial charge on any atom is -0.496 e. The van der Waals surface area contributed by atoms with Crippen molar-refractivity contribution in [1.82, 2.24) is 0 Å². The maximum Gasteiger partial charge on any atom is 0.131 e. The fourth-order valence-electron chi connectivity index (χ4n) is 2.82. The molecule has 4 heteroatoms. The van der Waals surface area contributed by atoms with E-state index in [1.54, 1.807) is 21.3 Å². The first-order valence-corrected chi connectivity index (χ1v) is 6.59. The normalized spacial score (nSPS) is 17.9. The fraction of sp³-hybridized carbons (Fsp3) is 0.600. The zero-order chi connectivity index (χ0) is 14.0. The Morgan fingerprint density at radius 3 is 2.32 bits per heavy atom. The molecule has 0 aromatic heterocycles. The van der Waals surface area contributed by atoms with E-state index in [0.29, 0.717) is 6.61 Å². The number of nitrogens with two attached hydrogens (primary N) is 1. The minimum absolute atomic E-state index is 0.0135. The number of ether oxygens (including phenoxy) is 3. The van der Waals surface area contributed by atoms with Crippen molar-refractivity contribution in [3.05, 3.63) is 23.3 Å². The molecule has 2 N–H and O–H groups in total. The summed E-state index contributed by atoms with van der Waals surface area (Å²) in [5.74, 6) is 1.71. The lowest BCUT2D eigenvalue weighted by atomic mass is 9.86. The Morgan fingerprint density at radius 2 is 1.89 bits per heavy atom. The molecule has 0 amide bonds. The maximum atomic E-state index is 6.19. The quantitative estimate of drug-likeness (QED) is 0.857. The van der Waals surface area contributed by atoms with Crippen LogP contribution in [0.5, 0.6) is 11.5 Å². The van der Waals surface area contributed by atoms with E-state index < -0.39 is 0 Å². The standard InChI is InChI=1S/C15H23NO3/c1-10(16)15(7-8-15)13-12(18-3)6-5-11(9-17-2)14(13)19-4/h5-6,10H,7-9,16H2,1-4H3. The molecule has 1 unspecified atom stereocenters. The molecule has 1 saturated carbocycles. The molecule has 4 nitrogen and oxygen atoms in total. The van der Waals surface area contributed by atoms with Crippen LogP contribution in [0, 0.1) is 0 Å². The first-order chi connectivity index (χ1) is 9.10. The lowest BCUT2D eigenvalue weighted by molar-refractivity contribution is 0.181. The zero-order valence-corrected chi connectivity index (χ0v) is 12.2. The van der Waals surface area contributed by atoms with Gasteiger partial charge in [0, 0.05) is 29.7 Å². The van der Waals surface area contributed by atoms with Crippen LogP contribution in [0.15, 0.2) is 12.1 Å². The molecule has 0 heterocycles. The highest BCUT2D eigenvalue weighted by Crippen LogP contribution is 2.57. The third-order valence-electron chi connectivity index (χ3n) is 4.08. The van der Waals surface area contributed by atoms with E-state index in [1.165, 1.54) is 0 Å². The van der Waals surface area contributed by atoms with E-state index >= 15 is 0 Å². The van der Waals surface area contributed by atoms with E-state index in [2.05, 4.69) is 6.92 Å². The third kappa shape index (κ3) is 2.30. The topological polar surface area (TPSA) is 53.7 Å². The van der Waals surface area contributed by atoms with Crippen molar-refractivity contribution >= 4 is 0 Å². The summed E-state index contributed by atoms with van der Waals surface area (Å²) in [4.78, 5) is 0. The molecule has 0 aliphatic heterocycles. The monoisotopic (exact) mass is 265 g/mol. The summed E-state index contributed by atoms with van der Waals surface area (Å²) >= 11 is 0. The largest absolute Gasteiger partial charge is 0.496 e. The van der Waals surface area contributed by atoms with Gasteiger partial charge in [-0.1, -0.05) is 0 Å². The first kappa shape index (κ1) is 14.2. The van der Waals surface area contributed by atoms with Crippen molar-refractivity contribution in [2.75, 3.05) is 21.3 Å². The van der Waals surface area contributed by atoms with Crippen molar-refractivity contribution in [3.63, 3.8) is 0 Å². The van der Waals surface area contributed by atoms with Gasteiger partial charge in [-0.2, -0.15) is 0 Å². The predicted molar refractivity (Wildman–Crippen MR) is 74.8 cm³/mol. The van der Waals surface area contributed by atoms with Crippen molar-refractivity contribution in [2.45, 2.75) is 37.8 Å². The highest BCUT2D eigenvalue weighted by Gasteiger charge is 2.51. The lowest BCUT2D eigenvalue weighted by Gasteiger charge is -2.26. The molecule has 0 saturated heterocycles. The molecule has 1 atom stereocenters. The van der Waals surface area contributed by atoms with Crippen LogP contribution < -0.4 is 15.2 Å². The van der Waals surface area contributed by atoms with Gasteiger partial charge < -0.3 is 19.9 Å². The summed E-state index contributed by atoms with van der Waals surface area (Å²) in [5, 5.41) is 0. The number of hydrogen-bond acceptors (Lipinski definition) is 4. The molecule has 106 valence electrons. The summed E-state index contributed by atoms with van der Waals surface area (Å²) in [5.41, 5.74) is 8.31. The Labute approximate surface area is 114 Å². The Morgan fingerprint density at radius 1 is 1.21 bits per heavy atom. The van der Waals surface area contributed by atoms with Crippen molar-refractivity contribution in [3.8, 4) is 11.5 Å². The molecule has 1 fully saturated rings. The van der Waals surface area contributed by atoms with E-state index in [4.69, 9.17) is 19.9 Å². The van der Waals surface area contributed by atoms with Gasteiger partial charge in [0.15, 0.2) is 0 Å². The van der Waals surface area contributed by atoms with Gasteiger partial charge in [0.1, 0.15) is 11.5 Å². The zero-order valence-electron chi connectivity index (χ0n) is 12.2. The number of rotatable bonds is 6. The van der Waals surface area contributed by atoms with Crippen molar-refractivity contribution in [2.24, 2.45) is 5.73 Å². The second-order valence-electron chi connectivity index (χ2n) is 5.21. The Balaban J connectivity index is 2.58. The van der Waals surface area contributed by atoms with Gasteiger partial charge in [-0.25, -0.2) is 0 Å². The first-order valence-electron chi connectivity index (χ1n) is 6.59. The van der Waals surface area contributed by atoms with Gasteiger partial charge in [0.25, 0.3) is 0 Å². The van der Waals surface area contributed by atoms with E-state index in [1.807, 2.05) is 12.1 Å². The van der Waals surface area contributed by atoms with E-state index in [-0.39, 0.29) is 11.5 Å². The maximum absolute atomic E-state index is 6.19.